The highest BCUT2D eigenvalue weighted by atomic mass is 16.5. The quantitative estimate of drug-likeness (QED) is 0.231. The lowest BCUT2D eigenvalue weighted by molar-refractivity contribution is -0.139. The van der Waals surface area contributed by atoms with E-state index in [1.807, 2.05) is 63.2 Å². The maximum Gasteiger partial charge on any atom is 0.295 e. The number of rotatable bonds is 9. The smallest absolute Gasteiger partial charge is 0.295 e. The number of nitrogens with zero attached hydrogens (tertiary/aromatic N) is 1. The van der Waals surface area contributed by atoms with Crippen LogP contribution in [0.1, 0.15) is 42.1 Å². The molecule has 1 unspecified atom stereocenters. The van der Waals surface area contributed by atoms with Crippen LogP contribution >= 0.6 is 0 Å². The van der Waals surface area contributed by atoms with Gasteiger partial charge in [-0.15, -0.1) is 0 Å². The van der Waals surface area contributed by atoms with Crippen molar-refractivity contribution in [1.82, 2.24) is 4.90 Å². The molecule has 0 aliphatic carbocycles. The van der Waals surface area contributed by atoms with Gasteiger partial charge < -0.3 is 24.2 Å². The van der Waals surface area contributed by atoms with E-state index in [2.05, 4.69) is 0 Å². The van der Waals surface area contributed by atoms with Gasteiger partial charge in [0.25, 0.3) is 11.7 Å². The van der Waals surface area contributed by atoms with Gasteiger partial charge in [-0.25, -0.2) is 0 Å². The minimum atomic E-state index is -0.732. The summed E-state index contributed by atoms with van der Waals surface area (Å²) in [4.78, 5) is 28.3. The Morgan fingerprint density at radius 2 is 1.68 bits per heavy atom. The Hall–Kier alpha value is -4.26. The first-order valence-electron chi connectivity index (χ1n) is 12.6. The molecule has 3 aromatic carbocycles. The lowest BCUT2D eigenvalue weighted by Crippen LogP contribution is -2.31. The van der Waals surface area contributed by atoms with E-state index in [0.717, 1.165) is 16.7 Å². The van der Waals surface area contributed by atoms with Crippen molar-refractivity contribution in [3.8, 4) is 17.2 Å². The summed E-state index contributed by atoms with van der Waals surface area (Å²) in [6.45, 7) is 6.04. The van der Waals surface area contributed by atoms with Gasteiger partial charge in [0.1, 0.15) is 11.5 Å². The number of amides is 1. The number of aliphatic hydroxyl groups excluding tert-OH is 1. The molecular weight excluding hydrogens is 482 g/mol. The van der Waals surface area contributed by atoms with E-state index in [1.54, 1.807) is 38.5 Å². The molecule has 0 radical (unpaired) electrons. The molecule has 0 bridgehead atoms. The molecule has 0 spiro atoms. The van der Waals surface area contributed by atoms with Crippen LogP contribution in [0.2, 0.25) is 0 Å². The van der Waals surface area contributed by atoms with Gasteiger partial charge in [-0.3, -0.25) is 9.59 Å². The van der Waals surface area contributed by atoms with Crippen LogP contribution in [-0.2, 0) is 16.0 Å². The fraction of sp³-hybridized carbons (Fsp3) is 0.290. The summed E-state index contributed by atoms with van der Waals surface area (Å²) in [7, 11) is 3.14. The summed E-state index contributed by atoms with van der Waals surface area (Å²) in [6, 6.07) is 19.4. The van der Waals surface area contributed by atoms with Crippen molar-refractivity contribution in [3.05, 3.63) is 94.6 Å². The van der Waals surface area contributed by atoms with Crippen LogP contribution in [-0.4, -0.2) is 48.6 Å². The Labute approximate surface area is 223 Å². The van der Waals surface area contributed by atoms with Crippen molar-refractivity contribution >= 4 is 17.4 Å². The molecule has 4 rings (SSSR count). The average Bonchev–Trinajstić information content (AvgIpc) is 3.16. The van der Waals surface area contributed by atoms with Gasteiger partial charge in [-0.2, -0.15) is 0 Å². The summed E-state index contributed by atoms with van der Waals surface area (Å²) in [5.74, 6) is 0.187. The zero-order valence-electron chi connectivity index (χ0n) is 22.4. The van der Waals surface area contributed by atoms with E-state index < -0.39 is 17.7 Å². The number of aryl methyl sites for hydroxylation is 1. The van der Waals surface area contributed by atoms with Crippen molar-refractivity contribution in [2.75, 3.05) is 20.8 Å². The van der Waals surface area contributed by atoms with Crippen LogP contribution in [0.3, 0.4) is 0 Å². The lowest BCUT2D eigenvalue weighted by Gasteiger charge is -2.26. The Kier molecular flexibility index (Phi) is 8.05. The number of methoxy groups -OCH3 is 2. The van der Waals surface area contributed by atoms with Crippen LogP contribution in [0.25, 0.3) is 5.76 Å². The number of Topliss-reactive ketones (excluding diaryl/α,β-unsaturated/α-hetero) is 1. The minimum Gasteiger partial charge on any atom is -0.507 e. The topological polar surface area (TPSA) is 85.3 Å². The van der Waals surface area contributed by atoms with Gasteiger partial charge in [-0.1, -0.05) is 48.0 Å². The number of hydrogen-bond donors (Lipinski definition) is 1. The highest BCUT2D eigenvalue weighted by Gasteiger charge is 2.45. The fourth-order valence-corrected chi connectivity index (χ4v) is 4.73. The van der Waals surface area contributed by atoms with E-state index in [4.69, 9.17) is 14.2 Å². The average molecular weight is 516 g/mol. The first-order valence-corrected chi connectivity index (χ1v) is 12.6. The first kappa shape index (κ1) is 26.8. The van der Waals surface area contributed by atoms with Crippen molar-refractivity contribution in [3.63, 3.8) is 0 Å². The number of carbonyl (C=O) groups is 2. The number of likely N-dealkylation sites (tertiary alicyclic amines) is 1. The number of carbonyl (C=O) groups excluding carboxylic acids is 2. The Morgan fingerprint density at radius 1 is 0.947 bits per heavy atom. The van der Waals surface area contributed by atoms with E-state index in [9.17, 15) is 14.7 Å². The molecule has 1 aliphatic heterocycles. The number of ketones is 1. The normalized spacial score (nSPS) is 16.7. The molecule has 198 valence electrons. The Balaban J connectivity index is 1.75. The van der Waals surface area contributed by atoms with Crippen molar-refractivity contribution < 1.29 is 28.9 Å². The zero-order chi connectivity index (χ0) is 27.4. The molecule has 1 N–H and O–H groups in total. The molecule has 0 saturated carbocycles. The number of benzene rings is 3. The fourth-order valence-electron chi connectivity index (χ4n) is 4.73. The van der Waals surface area contributed by atoms with Gasteiger partial charge in [-0.05, 0) is 62.6 Å². The predicted molar refractivity (Wildman–Crippen MR) is 146 cm³/mol. The Bertz CT molecular complexity index is 1380. The van der Waals surface area contributed by atoms with Crippen molar-refractivity contribution in [2.24, 2.45) is 0 Å². The van der Waals surface area contributed by atoms with Crippen LogP contribution in [0, 0.1) is 6.92 Å². The first-order chi connectivity index (χ1) is 18.2. The van der Waals surface area contributed by atoms with Crippen LogP contribution in [0.4, 0.5) is 0 Å². The molecule has 1 fully saturated rings. The largest absolute Gasteiger partial charge is 0.507 e. The van der Waals surface area contributed by atoms with Gasteiger partial charge in [0, 0.05) is 12.1 Å². The highest BCUT2D eigenvalue weighted by molar-refractivity contribution is 6.46. The van der Waals surface area contributed by atoms with Crippen molar-refractivity contribution in [1.29, 1.82) is 0 Å². The summed E-state index contributed by atoms with van der Waals surface area (Å²) in [5.41, 5.74) is 3.15. The van der Waals surface area contributed by atoms with E-state index >= 15 is 0 Å². The van der Waals surface area contributed by atoms with Gasteiger partial charge in [0.2, 0.25) is 0 Å². The van der Waals surface area contributed by atoms with E-state index in [-0.39, 0.29) is 24.0 Å². The SMILES string of the molecule is COc1ccc(CCN2C(=O)C(=O)/C(=C(/O)c3cccc(OC(C)C)c3)C2c2cccc(C)c2)cc1OC. The second-order valence-corrected chi connectivity index (χ2v) is 9.54. The standard InChI is InChI=1S/C31H33NO6/c1-19(2)38-24-11-7-10-23(18-24)29(33)27-28(22-9-6-8-20(3)16-22)32(31(35)30(27)34)15-14-21-12-13-25(36-4)26(17-21)37-5/h6-13,16-19,28,33H,14-15H2,1-5H3/b29-27+. The number of hydrogen-bond acceptors (Lipinski definition) is 6. The molecule has 7 nitrogen and oxygen atoms in total. The second kappa shape index (κ2) is 11.4. The van der Waals surface area contributed by atoms with E-state index in [1.165, 1.54) is 4.90 Å². The molecule has 7 heteroatoms. The van der Waals surface area contributed by atoms with Crippen LogP contribution < -0.4 is 14.2 Å². The minimum absolute atomic E-state index is 0.0538. The lowest BCUT2D eigenvalue weighted by atomic mass is 9.94. The number of ether oxygens (including phenoxy) is 3. The van der Waals surface area contributed by atoms with E-state index in [0.29, 0.717) is 29.2 Å². The zero-order valence-corrected chi connectivity index (χ0v) is 22.4. The third-order valence-corrected chi connectivity index (χ3v) is 6.47. The molecule has 38 heavy (non-hydrogen) atoms. The molecule has 1 amide bonds. The monoisotopic (exact) mass is 515 g/mol. The predicted octanol–water partition coefficient (Wildman–Crippen LogP) is 5.46. The third kappa shape index (κ3) is 5.52. The Morgan fingerprint density at radius 3 is 2.37 bits per heavy atom. The molecule has 1 atom stereocenters. The van der Waals surface area contributed by atoms with Crippen molar-refractivity contribution in [2.45, 2.75) is 39.3 Å². The molecule has 1 aliphatic rings. The second-order valence-electron chi connectivity index (χ2n) is 9.54. The van der Waals surface area contributed by atoms with Crippen LogP contribution in [0.5, 0.6) is 17.2 Å². The maximum atomic E-state index is 13.4. The maximum absolute atomic E-state index is 13.4. The summed E-state index contributed by atoms with van der Waals surface area (Å²) < 4.78 is 16.5. The van der Waals surface area contributed by atoms with Gasteiger partial charge in [0.15, 0.2) is 11.5 Å². The third-order valence-electron chi connectivity index (χ3n) is 6.47. The molecule has 3 aromatic rings. The van der Waals surface area contributed by atoms with Gasteiger partial charge in [0.05, 0.1) is 31.9 Å². The molecular formula is C31H33NO6. The summed E-state index contributed by atoms with van der Waals surface area (Å²) in [6.07, 6.45) is 0.426. The number of aliphatic hydroxyl groups is 1. The molecule has 1 saturated heterocycles. The van der Waals surface area contributed by atoms with Gasteiger partial charge >= 0.3 is 0 Å². The summed E-state index contributed by atoms with van der Waals surface area (Å²) >= 11 is 0. The molecule has 0 aromatic heterocycles. The molecule has 1 heterocycles. The summed E-state index contributed by atoms with van der Waals surface area (Å²) in [5, 5.41) is 11.4. The highest BCUT2D eigenvalue weighted by Crippen LogP contribution is 2.40. The van der Waals surface area contributed by atoms with Crippen LogP contribution in [0.15, 0.2) is 72.3 Å².